The maximum atomic E-state index is 11.8. The van der Waals surface area contributed by atoms with Crippen LogP contribution in [0.4, 0.5) is 11.4 Å². The van der Waals surface area contributed by atoms with Crippen molar-refractivity contribution in [2.24, 2.45) is 5.92 Å². The Kier molecular flexibility index (Phi) is 4.51. The highest BCUT2D eigenvalue weighted by atomic mass is 32.2. The van der Waals surface area contributed by atoms with Crippen LogP contribution in [0.1, 0.15) is 25.7 Å². The fourth-order valence-electron chi connectivity index (χ4n) is 2.98. The van der Waals surface area contributed by atoms with Crippen molar-refractivity contribution in [1.82, 2.24) is 0 Å². The van der Waals surface area contributed by atoms with E-state index in [2.05, 4.69) is 0 Å². The molecule has 1 fully saturated rings. The van der Waals surface area contributed by atoms with E-state index in [0.717, 1.165) is 19.1 Å². The molecule has 116 valence electrons. The third kappa shape index (κ3) is 3.53. The summed E-state index contributed by atoms with van der Waals surface area (Å²) in [5.41, 5.74) is 0.0512. The number of nitro groups is 1. The molecule has 1 aromatic rings. The van der Waals surface area contributed by atoms with Gasteiger partial charge in [-0.15, -0.1) is 0 Å². The summed E-state index contributed by atoms with van der Waals surface area (Å²) in [4.78, 5) is 12.3. The number of sulfone groups is 1. The monoisotopic (exact) mass is 312 g/mol. The lowest BCUT2D eigenvalue weighted by Crippen LogP contribution is -2.25. The lowest BCUT2D eigenvalue weighted by Gasteiger charge is -2.23. The zero-order valence-electron chi connectivity index (χ0n) is 12.3. The smallest absolute Gasteiger partial charge is 0.311 e. The standard InChI is InChI=1S/C14H20N2O4S/c1-15(10-11-6-3-4-7-11)12-8-5-9-13(21(2,19)20)14(12)16(17)18/h5,8-9,11H,3-4,6-7,10H2,1-2H3. The van der Waals surface area contributed by atoms with Crippen molar-refractivity contribution in [2.45, 2.75) is 30.6 Å². The summed E-state index contributed by atoms with van der Waals surface area (Å²) in [5, 5.41) is 11.3. The van der Waals surface area contributed by atoms with E-state index >= 15 is 0 Å². The number of nitro benzene ring substituents is 1. The highest BCUT2D eigenvalue weighted by molar-refractivity contribution is 7.90. The van der Waals surface area contributed by atoms with E-state index in [1.54, 1.807) is 19.2 Å². The molecule has 1 aromatic carbocycles. The van der Waals surface area contributed by atoms with Crippen LogP contribution >= 0.6 is 0 Å². The average molecular weight is 312 g/mol. The summed E-state index contributed by atoms with van der Waals surface area (Å²) in [6.45, 7) is 0.716. The van der Waals surface area contributed by atoms with Gasteiger partial charge in [0, 0.05) is 19.8 Å². The Labute approximate surface area is 124 Å². The van der Waals surface area contributed by atoms with Gasteiger partial charge in [0.2, 0.25) is 0 Å². The van der Waals surface area contributed by atoms with Crippen LogP contribution in [0.5, 0.6) is 0 Å². The second kappa shape index (κ2) is 6.01. The van der Waals surface area contributed by atoms with Crippen molar-refractivity contribution in [3.05, 3.63) is 28.3 Å². The van der Waals surface area contributed by atoms with Gasteiger partial charge in [-0.05, 0) is 30.9 Å². The molecule has 0 radical (unpaired) electrons. The third-order valence-electron chi connectivity index (χ3n) is 3.98. The Morgan fingerprint density at radius 2 is 1.95 bits per heavy atom. The molecule has 0 saturated heterocycles. The van der Waals surface area contributed by atoms with E-state index in [4.69, 9.17) is 0 Å². The summed E-state index contributed by atoms with van der Waals surface area (Å²) in [6, 6.07) is 4.46. The van der Waals surface area contributed by atoms with Gasteiger partial charge in [0.05, 0.1) is 4.92 Å². The van der Waals surface area contributed by atoms with E-state index in [-0.39, 0.29) is 10.6 Å². The molecule has 6 nitrogen and oxygen atoms in total. The fraction of sp³-hybridized carbons (Fsp3) is 0.571. The minimum atomic E-state index is -3.63. The molecule has 1 saturated carbocycles. The minimum absolute atomic E-state index is 0.219. The molecule has 2 rings (SSSR count). The highest BCUT2D eigenvalue weighted by Crippen LogP contribution is 2.35. The Morgan fingerprint density at radius 1 is 1.33 bits per heavy atom. The first-order valence-electron chi connectivity index (χ1n) is 6.99. The van der Waals surface area contributed by atoms with Crippen molar-refractivity contribution in [3.63, 3.8) is 0 Å². The van der Waals surface area contributed by atoms with Crippen molar-refractivity contribution >= 4 is 21.2 Å². The number of benzene rings is 1. The summed E-state index contributed by atoms with van der Waals surface area (Å²) in [6.07, 6.45) is 5.65. The summed E-state index contributed by atoms with van der Waals surface area (Å²) in [7, 11) is -1.85. The molecule has 0 unspecified atom stereocenters. The van der Waals surface area contributed by atoms with Gasteiger partial charge in [0.1, 0.15) is 10.6 Å². The molecule has 0 amide bonds. The lowest BCUT2D eigenvalue weighted by molar-refractivity contribution is -0.387. The van der Waals surface area contributed by atoms with E-state index in [9.17, 15) is 18.5 Å². The van der Waals surface area contributed by atoms with Crippen LogP contribution in [0.3, 0.4) is 0 Å². The molecule has 0 spiro atoms. The molecular weight excluding hydrogens is 292 g/mol. The van der Waals surface area contributed by atoms with Crippen LogP contribution in [-0.2, 0) is 9.84 Å². The largest absolute Gasteiger partial charge is 0.369 e. The van der Waals surface area contributed by atoms with Crippen molar-refractivity contribution in [1.29, 1.82) is 0 Å². The molecule has 0 heterocycles. The zero-order chi connectivity index (χ0) is 15.6. The number of hydrogen-bond acceptors (Lipinski definition) is 5. The molecule has 1 aliphatic rings. The first-order valence-corrected chi connectivity index (χ1v) is 8.88. The van der Waals surface area contributed by atoms with Gasteiger partial charge in [-0.3, -0.25) is 10.1 Å². The summed E-state index contributed by atoms with van der Waals surface area (Å²) < 4.78 is 23.5. The van der Waals surface area contributed by atoms with Crippen LogP contribution < -0.4 is 4.90 Å². The fourth-order valence-corrected chi connectivity index (χ4v) is 3.84. The number of nitrogens with zero attached hydrogens (tertiary/aromatic N) is 2. The molecular formula is C14H20N2O4S. The molecule has 21 heavy (non-hydrogen) atoms. The SMILES string of the molecule is CN(CC1CCCC1)c1cccc(S(C)(=O)=O)c1[N+](=O)[O-]. The molecule has 7 heteroatoms. The minimum Gasteiger partial charge on any atom is -0.369 e. The Balaban J connectivity index is 2.40. The number of anilines is 1. The molecule has 0 aromatic heterocycles. The van der Waals surface area contributed by atoms with E-state index in [1.807, 2.05) is 4.90 Å². The predicted molar refractivity (Wildman–Crippen MR) is 81.4 cm³/mol. The number of hydrogen-bond donors (Lipinski definition) is 0. The summed E-state index contributed by atoms with van der Waals surface area (Å²) in [5.74, 6) is 0.525. The highest BCUT2D eigenvalue weighted by Gasteiger charge is 2.28. The molecule has 0 atom stereocenters. The topological polar surface area (TPSA) is 80.5 Å². The van der Waals surface area contributed by atoms with Crippen molar-refractivity contribution in [3.8, 4) is 0 Å². The van der Waals surface area contributed by atoms with Crippen LogP contribution in [-0.4, -0.2) is 33.2 Å². The van der Waals surface area contributed by atoms with Crippen molar-refractivity contribution < 1.29 is 13.3 Å². The van der Waals surface area contributed by atoms with Crippen LogP contribution in [0, 0.1) is 16.0 Å². The first-order chi connectivity index (χ1) is 9.80. The van der Waals surface area contributed by atoms with Crippen LogP contribution in [0.25, 0.3) is 0 Å². The van der Waals surface area contributed by atoms with E-state index in [0.29, 0.717) is 18.2 Å². The average Bonchev–Trinajstić information content (AvgIpc) is 2.89. The summed E-state index contributed by atoms with van der Waals surface area (Å²) >= 11 is 0. The van der Waals surface area contributed by atoms with Crippen LogP contribution in [0.15, 0.2) is 23.1 Å². The van der Waals surface area contributed by atoms with Gasteiger partial charge in [0.15, 0.2) is 9.84 Å². The lowest BCUT2D eigenvalue weighted by atomic mass is 10.1. The maximum absolute atomic E-state index is 11.8. The Bertz CT molecular complexity index is 636. The Morgan fingerprint density at radius 3 is 2.48 bits per heavy atom. The third-order valence-corrected chi connectivity index (χ3v) is 5.11. The normalized spacial score (nSPS) is 16.1. The molecule has 0 bridgehead atoms. The van der Waals surface area contributed by atoms with Crippen molar-refractivity contribution in [2.75, 3.05) is 24.7 Å². The van der Waals surface area contributed by atoms with Gasteiger partial charge in [-0.25, -0.2) is 8.42 Å². The first kappa shape index (κ1) is 15.8. The van der Waals surface area contributed by atoms with E-state index in [1.165, 1.54) is 18.9 Å². The molecule has 0 N–H and O–H groups in total. The maximum Gasteiger partial charge on any atom is 0.311 e. The second-order valence-electron chi connectivity index (χ2n) is 5.68. The van der Waals surface area contributed by atoms with Gasteiger partial charge in [-0.2, -0.15) is 0 Å². The molecule has 0 aliphatic heterocycles. The van der Waals surface area contributed by atoms with Crippen LogP contribution in [0.2, 0.25) is 0 Å². The number of para-hydroxylation sites is 1. The molecule has 1 aliphatic carbocycles. The second-order valence-corrected chi connectivity index (χ2v) is 7.67. The van der Waals surface area contributed by atoms with Gasteiger partial charge >= 0.3 is 5.69 Å². The predicted octanol–water partition coefficient (Wildman–Crippen LogP) is 2.62. The van der Waals surface area contributed by atoms with Gasteiger partial charge < -0.3 is 4.90 Å². The number of rotatable bonds is 5. The van der Waals surface area contributed by atoms with Gasteiger partial charge in [-0.1, -0.05) is 18.9 Å². The zero-order valence-corrected chi connectivity index (χ0v) is 13.1. The van der Waals surface area contributed by atoms with E-state index < -0.39 is 14.8 Å². The Hall–Kier alpha value is -1.63. The quantitative estimate of drug-likeness (QED) is 0.616. The van der Waals surface area contributed by atoms with Gasteiger partial charge in [0.25, 0.3) is 0 Å².